The summed E-state index contributed by atoms with van der Waals surface area (Å²) in [5, 5.41) is 6.18. The van der Waals surface area contributed by atoms with E-state index in [0.29, 0.717) is 19.6 Å². The van der Waals surface area contributed by atoms with Crippen LogP contribution in [-0.2, 0) is 14.3 Å². The molecule has 2 amide bonds. The van der Waals surface area contributed by atoms with E-state index in [1.807, 2.05) is 24.3 Å². The Labute approximate surface area is 125 Å². The molecule has 20 heavy (non-hydrogen) atoms. The second kappa shape index (κ2) is 9.22. The molecule has 7 heteroatoms. The van der Waals surface area contributed by atoms with E-state index >= 15 is 0 Å². The molecule has 2 N–H and O–H groups in total. The predicted octanol–water partition coefficient (Wildman–Crippen LogP) is 1.05. The van der Waals surface area contributed by atoms with Crippen LogP contribution in [0.2, 0.25) is 0 Å². The topological polar surface area (TPSA) is 79.8 Å². The minimum atomic E-state index is -0.798. The number of hydrazone groups is 1. The summed E-state index contributed by atoms with van der Waals surface area (Å²) in [7, 11) is 1.57. The quantitative estimate of drug-likeness (QED) is 0.351. The fraction of sp³-hybridized carbons (Fsp3) is 0.308. The Morgan fingerprint density at radius 3 is 2.90 bits per heavy atom. The first-order valence-electron chi connectivity index (χ1n) is 5.99. The fourth-order valence-corrected chi connectivity index (χ4v) is 1.72. The Bertz CT molecular complexity index is 492. The Balaban J connectivity index is 2.33. The molecule has 0 atom stereocenters. The molecular formula is C13H16BrN3O3. The van der Waals surface area contributed by atoms with Gasteiger partial charge in [0.25, 0.3) is 0 Å². The van der Waals surface area contributed by atoms with Crippen molar-refractivity contribution in [1.29, 1.82) is 0 Å². The number of nitrogens with zero attached hydrogens (tertiary/aromatic N) is 1. The van der Waals surface area contributed by atoms with Gasteiger partial charge in [-0.25, -0.2) is 5.43 Å². The maximum absolute atomic E-state index is 11.4. The van der Waals surface area contributed by atoms with Gasteiger partial charge in [0.05, 0.1) is 6.21 Å². The Morgan fingerprint density at radius 2 is 2.20 bits per heavy atom. The highest BCUT2D eigenvalue weighted by atomic mass is 79.9. The van der Waals surface area contributed by atoms with Crippen LogP contribution in [0.15, 0.2) is 33.8 Å². The monoisotopic (exact) mass is 341 g/mol. The number of ether oxygens (including phenoxy) is 1. The van der Waals surface area contributed by atoms with Crippen LogP contribution < -0.4 is 10.7 Å². The van der Waals surface area contributed by atoms with Crippen molar-refractivity contribution in [1.82, 2.24) is 10.7 Å². The minimum Gasteiger partial charge on any atom is -0.385 e. The molecule has 0 unspecified atom stereocenters. The number of hydrogen-bond donors (Lipinski definition) is 2. The van der Waals surface area contributed by atoms with Crippen LogP contribution in [0.3, 0.4) is 0 Å². The van der Waals surface area contributed by atoms with Gasteiger partial charge in [-0.15, -0.1) is 0 Å². The molecule has 6 nitrogen and oxygen atoms in total. The van der Waals surface area contributed by atoms with Crippen molar-refractivity contribution in [2.45, 2.75) is 6.42 Å². The number of amides is 2. The standard InChI is InChI=1S/C13H16BrN3O3/c1-20-7-3-6-15-12(18)13(19)17-16-9-10-4-2-5-11(14)8-10/h2,4-5,8-9H,3,6-7H2,1H3,(H,15,18)(H,17,19)/b16-9-. The Kier molecular flexibility index (Phi) is 7.52. The minimum absolute atomic E-state index is 0.384. The molecular weight excluding hydrogens is 326 g/mol. The second-order valence-corrected chi connectivity index (χ2v) is 4.77. The van der Waals surface area contributed by atoms with Gasteiger partial charge in [-0.05, 0) is 24.1 Å². The van der Waals surface area contributed by atoms with E-state index < -0.39 is 11.8 Å². The van der Waals surface area contributed by atoms with Gasteiger partial charge >= 0.3 is 11.8 Å². The maximum atomic E-state index is 11.4. The smallest absolute Gasteiger partial charge is 0.329 e. The van der Waals surface area contributed by atoms with E-state index in [-0.39, 0.29) is 0 Å². The van der Waals surface area contributed by atoms with Gasteiger partial charge in [-0.2, -0.15) is 5.10 Å². The number of carbonyl (C=O) groups is 2. The summed E-state index contributed by atoms with van der Waals surface area (Å²) in [4.78, 5) is 22.7. The molecule has 0 aliphatic rings. The van der Waals surface area contributed by atoms with Gasteiger partial charge in [0.1, 0.15) is 0 Å². The van der Waals surface area contributed by atoms with Crippen molar-refractivity contribution in [3.8, 4) is 0 Å². The third-order valence-corrected chi connectivity index (χ3v) is 2.74. The molecule has 0 bridgehead atoms. The average Bonchev–Trinajstić information content (AvgIpc) is 2.43. The van der Waals surface area contributed by atoms with Crippen LogP contribution >= 0.6 is 15.9 Å². The predicted molar refractivity (Wildman–Crippen MR) is 79.4 cm³/mol. The Morgan fingerprint density at radius 1 is 1.40 bits per heavy atom. The summed E-state index contributed by atoms with van der Waals surface area (Å²) in [6.07, 6.45) is 2.11. The highest BCUT2D eigenvalue weighted by Gasteiger charge is 2.10. The number of rotatable bonds is 6. The van der Waals surface area contributed by atoms with Crippen LogP contribution in [0, 0.1) is 0 Å². The average molecular weight is 342 g/mol. The van der Waals surface area contributed by atoms with Gasteiger partial charge in [-0.3, -0.25) is 9.59 Å². The number of methoxy groups -OCH3 is 1. The summed E-state index contributed by atoms with van der Waals surface area (Å²) in [6, 6.07) is 7.38. The van der Waals surface area contributed by atoms with Crippen molar-refractivity contribution in [2.24, 2.45) is 5.10 Å². The summed E-state index contributed by atoms with van der Waals surface area (Å²) in [5.74, 6) is -1.51. The highest BCUT2D eigenvalue weighted by molar-refractivity contribution is 9.10. The lowest BCUT2D eigenvalue weighted by Crippen LogP contribution is -2.38. The zero-order valence-corrected chi connectivity index (χ0v) is 12.6. The summed E-state index contributed by atoms with van der Waals surface area (Å²) in [5.41, 5.74) is 2.97. The molecule has 0 aromatic heterocycles. The van der Waals surface area contributed by atoms with Crippen molar-refractivity contribution in [3.63, 3.8) is 0 Å². The van der Waals surface area contributed by atoms with Crippen LogP contribution in [0.5, 0.6) is 0 Å². The first-order chi connectivity index (χ1) is 9.63. The normalized spacial score (nSPS) is 10.5. The van der Waals surface area contributed by atoms with Crippen molar-refractivity contribution < 1.29 is 14.3 Å². The molecule has 1 rings (SSSR count). The third kappa shape index (κ3) is 6.44. The first-order valence-corrected chi connectivity index (χ1v) is 6.78. The zero-order valence-electron chi connectivity index (χ0n) is 11.1. The van der Waals surface area contributed by atoms with Crippen LogP contribution in [-0.4, -0.2) is 38.3 Å². The lowest BCUT2D eigenvalue weighted by molar-refractivity contribution is -0.139. The summed E-state index contributed by atoms with van der Waals surface area (Å²) in [6.45, 7) is 0.915. The number of benzene rings is 1. The van der Waals surface area contributed by atoms with Crippen molar-refractivity contribution >= 4 is 34.0 Å². The van der Waals surface area contributed by atoms with Gasteiger partial charge in [0, 0.05) is 24.7 Å². The van der Waals surface area contributed by atoms with E-state index in [2.05, 4.69) is 31.8 Å². The third-order valence-electron chi connectivity index (χ3n) is 2.25. The van der Waals surface area contributed by atoms with Crippen molar-refractivity contribution in [3.05, 3.63) is 34.3 Å². The molecule has 0 fully saturated rings. The van der Waals surface area contributed by atoms with Gasteiger partial charge in [-0.1, -0.05) is 28.1 Å². The van der Waals surface area contributed by atoms with Gasteiger partial charge < -0.3 is 10.1 Å². The maximum Gasteiger partial charge on any atom is 0.329 e. The molecule has 0 heterocycles. The van der Waals surface area contributed by atoms with E-state index in [1.165, 1.54) is 6.21 Å². The second-order valence-electron chi connectivity index (χ2n) is 3.86. The summed E-state index contributed by atoms with van der Waals surface area (Å²) < 4.78 is 5.73. The SMILES string of the molecule is COCCCNC(=O)C(=O)N/N=C\c1cccc(Br)c1. The number of hydrogen-bond acceptors (Lipinski definition) is 4. The van der Waals surface area contributed by atoms with Crippen LogP contribution in [0.4, 0.5) is 0 Å². The molecule has 0 radical (unpaired) electrons. The van der Waals surface area contributed by atoms with E-state index in [9.17, 15) is 9.59 Å². The van der Waals surface area contributed by atoms with E-state index in [4.69, 9.17) is 4.74 Å². The number of halogens is 1. The Hall–Kier alpha value is -1.73. The van der Waals surface area contributed by atoms with Crippen LogP contribution in [0.1, 0.15) is 12.0 Å². The largest absolute Gasteiger partial charge is 0.385 e. The summed E-state index contributed by atoms with van der Waals surface area (Å²) >= 11 is 3.32. The van der Waals surface area contributed by atoms with E-state index in [1.54, 1.807) is 7.11 Å². The molecule has 0 aliphatic carbocycles. The molecule has 0 saturated heterocycles. The zero-order chi connectivity index (χ0) is 14.8. The first kappa shape index (κ1) is 16.3. The lowest BCUT2D eigenvalue weighted by Gasteiger charge is -2.03. The van der Waals surface area contributed by atoms with E-state index in [0.717, 1.165) is 10.0 Å². The molecule has 108 valence electrons. The fourth-order valence-electron chi connectivity index (χ4n) is 1.30. The molecule has 0 saturated carbocycles. The molecule has 1 aromatic carbocycles. The molecule has 1 aromatic rings. The molecule has 0 spiro atoms. The van der Waals surface area contributed by atoms with Gasteiger partial charge in [0.2, 0.25) is 0 Å². The highest BCUT2D eigenvalue weighted by Crippen LogP contribution is 2.09. The van der Waals surface area contributed by atoms with Gasteiger partial charge in [0.15, 0.2) is 0 Å². The van der Waals surface area contributed by atoms with Crippen LogP contribution in [0.25, 0.3) is 0 Å². The number of nitrogens with one attached hydrogen (secondary N) is 2. The molecule has 0 aliphatic heterocycles. The van der Waals surface area contributed by atoms with Crippen molar-refractivity contribution in [2.75, 3.05) is 20.3 Å². The number of carbonyl (C=O) groups excluding carboxylic acids is 2. The lowest BCUT2D eigenvalue weighted by atomic mass is 10.2.